The van der Waals surface area contributed by atoms with Gasteiger partial charge in [0.15, 0.2) is 12.2 Å². The number of piperidine rings is 2. The van der Waals surface area contributed by atoms with Gasteiger partial charge in [-0.05, 0) is 80.6 Å². The maximum absolute atomic E-state index is 14.7. The zero-order chi connectivity index (χ0) is 51.9. The molecule has 2 aromatic carbocycles. The van der Waals surface area contributed by atoms with Crippen LogP contribution in [0.25, 0.3) is 11.1 Å². The summed E-state index contributed by atoms with van der Waals surface area (Å²) in [5.41, 5.74) is 5.88. The highest BCUT2D eigenvalue weighted by Gasteiger charge is 2.45. The molecule has 5 amide bonds. The van der Waals surface area contributed by atoms with Crippen molar-refractivity contribution in [1.29, 1.82) is 0 Å². The average molecular weight is 1030 g/mol. The summed E-state index contributed by atoms with van der Waals surface area (Å²) in [6.45, 7) is 6.06. The number of likely N-dealkylation sites (tertiary alicyclic amines) is 1. The highest BCUT2D eigenvalue weighted by Crippen LogP contribution is 2.44. The molecule has 2 unspecified atom stereocenters. The highest BCUT2D eigenvalue weighted by atomic mass is 19.3. The van der Waals surface area contributed by atoms with Crippen molar-refractivity contribution < 1.29 is 56.8 Å². The average Bonchev–Trinajstić information content (AvgIpc) is 4.09. The number of aromatic nitrogens is 4. The number of halogens is 2. The van der Waals surface area contributed by atoms with Crippen molar-refractivity contribution >= 4 is 46.7 Å². The molecule has 4 N–H and O–H groups in total. The Morgan fingerprint density at radius 1 is 0.851 bits per heavy atom. The monoisotopic (exact) mass is 1030 g/mol. The van der Waals surface area contributed by atoms with Gasteiger partial charge in [0.2, 0.25) is 17.7 Å². The summed E-state index contributed by atoms with van der Waals surface area (Å²) in [4.78, 5) is 69.9. The molecule has 9 rings (SSSR count). The Morgan fingerprint density at radius 3 is 2.26 bits per heavy atom. The fourth-order valence-corrected chi connectivity index (χ4v) is 10.5. The third-order valence-corrected chi connectivity index (χ3v) is 14.3. The van der Waals surface area contributed by atoms with Crippen LogP contribution in [0.4, 0.5) is 26.0 Å². The second-order valence-corrected chi connectivity index (χ2v) is 19.0. The van der Waals surface area contributed by atoms with Crippen LogP contribution in [0, 0.1) is 0 Å². The van der Waals surface area contributed by atoms with Crippen LogP contribution >= 0.6 is 0 Å². The van der Waals surface area contributed by atoms with E-state index in [1.165, 1.54) is 0 Å². The third kappa shape index (κ3) is 11.7. The molecule has 0 spiro atoms. The molecule has 0 radical (unpaired) electrons. The van der Waals surface area contributed by atoms with E-state index in [0.29, 0.717) is 122 Å². The summed E-state index contributed by atoms with van der Waals surface area (Å²) in [7, 11) is 3.48. The number of fused-ring (bicyclic) bond motifs is 3. The number of hydrogen-bond acceptors (Lipinski definition) is 16. The van der Waals surface area contributed by atoms with E-state index in [1.807, 2.05) is 15.9 Å². The fourth-order valence-electron chi connectivity index (χ4n) is 10.5. The number of aryl methyl sites for hydroxylation is 2. The van der Waals surface area contributed by atoms with Gasteiger partial charge in [-0.1, -0.05) is 0 Å². The molecule has 2 fully saturated rings. The van der Waals surface area contributed by atoms with Crippen LogP contribution in [0.1, 0.15) is 94.1 Å². The SMILES string of the molecule is CNC(O)N1CCc2c(c(N3CCCc4cc(-c5cnn(C)c5)c(C(F)F)cc43)nn2C2CCN(C(=O)CCOCCOCCOCCOCCNc3ccc4c(c3)C(=O)N(C3CCC(=O)NC3=O)C4=O)CC2)C1. The van der Waals surface area contributed by atoms with E-state index in [0.717, 1.165) is 46.1 Å². The van der Waals surface area contributed by atoms with Crippen LogP contribution in [0.3, 0.4) is 0 Å². The minimum Gasteiger partial charge on any atom is -0.383 e. The number of ether oxygens (including phenoxy) is 4. The van der Waals surface area contributed by atoms with Gasteiger partial charge in [0.25, 0.3) is 18.2 Å². The third-order valence-electron chi connectivity index (χ3n) is 14.3. The second kappa shape index (κ2) is 24.0. The molecule has 398 valence electrons. The lowest BCUT2D eigenvalue weighted by molar-refractivity contribution is -0.136. The van der Waals surface area contributed by atoms with E-state index in [2.05, 4.69) is 30.6 Å². The summed E-state index contributed by atoms with van der Waals surface area (Å²) in [5.74, 6) is -1.44. The van der Waals surface area contributed by atoms with Crippen LogP contribution in [0.5, 0.6) is 0 Å². The number of aliphatic hydroxyl groups excluding tert-OH is 1. The van der Waals surface area contributed by atoms with Crippen LogP contribution in [0.2, 0.25) is 0 Å². The molecule has 4 aromatic rings. The first kappa shape index (κ1) is 52.6. The van der Waals surface area contributed by atoms with Crippen molar-refractivity contribution in [1.82, 2.24) is 44.9 Å². The molecular weight excluding hydrogens is 965 g/mol. The number of carbonyl (C=O) groups excluding carboxylic acids is 5. The van der Waals surface area contributed by atoms with Crippen LogP contribution in [-0.4, -0.2) is 174 Å². The van der Waals surface area contributed by atoms with Gasteiger partial charge in [0.1, 0.15) is 6.04 Å². The molecule has 5 aliphatic heterocycles. The molecule has 0 bridgehead atoms. The Morgan fingerprint density at radius 2 is 1.57 bits per heavy atom. The maximum Gasteiger partial charge on any atom is 0.264 e. The molecule has 0 saturated carbocycles. The lowest BCUT2D eigenvalue weighted by Gasteiger charge is -2.35. The second-order valence-electron chi connectivity index (χ2n) is 19.0. The molecule has 2 aromatic heterocycles. The van der Waals surface area contributed by atoms with Crippen molar-refractivity contribution in [3.63, 3.8) is 0 Å². The summed E-state index contributed by atoms with van der Waals surface area (Å²) < 4.78 is 55.8. The predicted molar refractivity (Wildman–Crippen MR) is 265 cm³/mol. The van der Waals surface area contributed by atoms with Crippen molar-refractivity contribution in [3.8, 4) is 11.1 Å². The number of nitrogens with one attached hydrogen (secondary N) is 3. The van der Waals surface area contributed by atoms with Crippen molar-refractivity contribution in [2.75, 3.05) is 103 Å². The Hall–Kier alpha value is -6.21. The minimum atomic E-state index is -2.69. The van der Waals surface area contributed by atoms with Gasteiger partial charge in [0, 0.05) is 99.1 Å². The van der Waals surface area contributed by atoms with E-state index in [4.69, 9.17) is 24.0 Å². The molecule has 5 aliphatic rings. The van der Waals surface area contributed by atoms with E-state index in [1.54, 1.807) is 55.4 Å². The zero-order valence-electron chi connectivity index (χ0n) is 41.9. The van der Waals surface area contributed by atoms with Gasteiger partial charge >= 0.3 is 0 Å². The quantitative estimate of drug-likeness (QED) is 0.0475. The van der Waals surface area contributed by atoms with Crippen LogP contribution in [-0.2, 0) is 59.8 Å². The molecule has 7 heterocycles. The summed E-state index contributed by atoms with van der Waals surface area (Å²) in [6, 6.07) is 7.35. The molecule has 0 aliphatic carbocycles. The summed E-state index contributed by atoms with van der Waals surface area (Å²) >= 11 is 0. The van der Waals surface area contributed by atoms with Gasteiger partial charge in [-0.2, -0.15) is 10.2 Å². The largest absolute Gasteiger partial charge is 0.383 e. The van der Waals surface area contributed by atoms with Crippen LogP contribution < -0.4 is 20.9 Å². The molecule has 2 saturated heterocycles. The minimum absolute atomic E-state index is 0.0264. The standard InChI is InChI=1S/C51H65F2N11O10/c1-54-51(70)61-17-11-41-40(31-61)47(62-14-3-4-32-26-37(33-29-56-59(2)30-33)38(46(52)53)28-43(32)62)58-64(41)35-9-15-60(16-10-35)45(66)12-18-71-20-22-73-24-25-74-23-21-72-19-13-55-34-5-6-36-39(27-34)50(69)63(49(36)68)42-7-8-44(65)57-48(42)67/h5-6,26-30,35,42,46,51,54-55,70H,3-4,7-25,31H2,1-2H3,(H,57,65,67). The first-order valence-corrected chi connectivity index (χ1v) is 25.5. The van der Waals surface area contributed by atoms with E-state index < -0.39 is 42.4 Å². The number of hydrogen-bond donors (Lipinski definition) is 4. The predicted octanol–water partition coefficient (Wildman–Crippen LogP) is 3.29. The Labute approximate surface area is 427 Å². The van der Waals surface area contributed by atoms with E-state index in [-0.39, 0.29) is 54.5 Å². The first-order chi connectivity index (χ1) is 35.9. The number of anilines is 3. The maximum atomic E-state index is 14.7. The van der Waals surface area contributed by atoms with Gasteiger partial charge in [0.05, 0.1) is 82.6 Å². The Kier molecular flexibility index (Phi) is 17.1. The van der Waals surface area contributed by atoms with E-state index in [9.17, 15) is 37.9 Å². The number of aliphatic hydroxyl groups is 1. The first-order valence-electron chi connectivity index (χ1n) is 25.5. The van der Waals surface area contributed by atoms with E-state index >= 15 is 0 Å². The molecule has 23 heteroatoms. The van der Waals surface area contributed by atoms with Gasteiger partial charge in [-0.25, -0.2) is 8.78 Å². The molecule has 74 heavy (non-hydrogen) atoms. The highest BCUT2D eigenvalue weighted by molar-refractivity contribution is 6.23. The number of alkyl halides is 2. The topological polar surface area (TPSA) is 227 Å². The van der Waals surface area contributed by atoms with Crippen molar-refractivity contribution in [2.24, 2.45) is 7.05 Å². The molecule has 21 nitrogen and oxygen atoms in total. The number of benzene rings is 2. The lowest BCUT2D eigenvalue weighted by atomic mass is 9.92. The smallest absolute Gasteiger partial charge is 0.264 e. The number of imide groups is 2. The molecule has 2 atom stereocenters. The summed E-state index contributed by atoms with van der Waals surface area (Å²) in [5, 5.41) is 28.6. The number of carbonyl (C=O) groups is 5. The Bertz CT molecular complexity index is 2690. The van der Waals surface area contributed by atoms with Crippen LogP contribution in [0.15, 0.2) is 42.7 Å². The Balaban J connectivity index is 0.661. The van der Waals surface area contributed by atoms with Gasteiger partial charge in [-0.15, -0.1) is 0 Å². The number of amides is 5. The molecular formula is C51H65F2N11O10. The fraction of sp³-hybridized carbons (Fsp3) is 0.549. The van der Waals surface area contributed by atoms with Crippen molar-refractivity contribution in [2.45, 2.75) is 82.8 Å². The number of rotatable bonds is 23. The van der Waals surface area contributed by atoms with Gasteiger partial charge < -0.3 is 39.2 Å². The summed E-state index contributed by atoms with van der Waals surface area (Å²) in [6.07, 6.45) is 3.89. The zero-order valence-corrected chi connectivity index (χ0v) is 41.9. The van der Waals surface area contributed by atoms with Crippen molar-refractivity contribution in [3.05, 3.63) is 76.2 Å². The lowest BCUT2D eigenvalue weighted by Crippen LogP contribution is -2.54. The normalized spacial score (nSPS) is 18.8. The van der Waals surface area contributed by atoms with Gasteiger partial charge in [-0.3, -0.25) is 53.8 Å². The number of nitrogens with zero attached hydrogens (tertiary/aromatic N) is 8.